The van der Waals surface area contributed by atoms with Crippen molar-refractivity contribution in [2.75, 3.05) is 13.2 Å². The number of allylic oxidation sites excluding steroid dienone is 3. The zero-order chi connectivity index (χ0) is 19.4. The Balaban J connectivity index is 2.70. The number of carbonyl (C=O) groups is 1. The fourth-order valence-electron chi connectivity index (χ4n) is 2.22. The Morgan fingerprint density at radius 2 is 2.12 bits per heavy atom. The number of hydrogen-bond donors (Lipinski definition) is 1. The number of pyridine rings is 1. The van der Waals surface area contributed by atoms with E-state index in [-0.39, 0.29) is 6.61 Å². The molecule has 1 aromatic heterocycles. The summed E-state index contributed by atoms with van der Waals surface area (Å²) in [7, 11) is 0. The van der Waals surface area contributed by atoms with E-state index in [1.165, 1.54) is 11.1 Å². The van der Waals surface area contributed by atoms with Crippen molar-refractivity contribution in [3.8, 4) is 0 Å². The first kappa shape index (κ1) is 21.8. The maximum Gasteiger partial charge on any atom is 0.322 e. The molecular weight excluding hydrogens is 344 g/mol. The number of rotatable bonds is 10. The molecule has 1 atom stereocenters. The number of nitrogens with zero attached hydrogens (tertiary/aromatic N) is 1. The highest BCUT2D eigenvalue weighted by Crippen LogP contribution is 2.17. The highest BCUT2D eigenvalue weighted by Gasteiger charge is 2.27. The van der Waals surface area contributed by atoms with Gasteiger partial charge in [0.1, 0.15) is 12.5 Å². The SMILES string of the molecule is C=CCNC(=S)C(C(=O)OC/C=C(\C)CCC=C(C)C)c1ccccn1. The molecule has 0 saturated heterocycles. The minimum Gasteiger partial charge on any atom is -0.461 e. The molecule has 0 radical (unpaired) electrons. The number of thiocarbonyl (C=S) groups is 1. The summed E-state index contributed by atoms with van der Waals surface area (Å²) < 4.78 is 5.43. The number of aromatic nitrogens is 1. The first-order chi connectivity index (χ1) is 12.5. The molecular formula is C21H28N2O2S. The van der Waals surface area contributed by atoms with Gasteiger partial charge in [0.2, 0.25) is 0 Å². The van der Waals surface area contributed by atoms with Crippen molar-refractivity contribution < 1.29 is 9.53 Å². The second kappa shape index (κ2) is 12.1. The van der Waals surface area contributed by atoms with Crippen LogP contribution in [0.5, 0.6) is 0 Å². The lowest BCUT2D eigenvalue weighted by Gasteiger charge is -2.17. The molecule has 1 unspecified atom stereocenters. The van der Waals surface area contributed by atoms with Crippen LogP contribution in [0, 0.1) is 0 Å². The quantitative estimate of drug-likeness (QED) is 0.372. The Kier molecular flexibility index (Phi) is 10.2. The van der Waals surface area contributed by atoms with Crippen molar-refractivity contribution >= 4 is 23.2 Å². The van der Waals surface area contributed by atoms with E-state index in [1.54, 1.807) is 24.4 Å². The van der Waals surface area contributed by atoms with Crippen LogP contribution in [0.25, 0.3) is 0 Å². The van der Waals surface area contributed by atoms with Crippen LogP contribution in [0.2, 0.25) is 0 Å². The molecule has 0 aliphatic carbocycles. The van der Waals surface area contributed by atoms with Crippen LogP contribution in [0.3, 0.4) is 0 Å². The summed E-state index contributed by atoms with van der Waals surface area (Å²) in [6, 6.07) is 5.39. The van der Waals surface area contributed by atoms with E-state index in [1.807, 2.05) is 19.1 Å². The Morgan fingerprint density at radius 3 is 2.73 bits per heavy atom. The minimum absolute atomic E-state index is 0.229. The fraction of sp³-hybridized carbons (Fsp3) is 0.381. The summed E-state index contributed by atoms with van der Waals surface area (Å²) in [6.07, 6.45) is 9.40. The predicted molar refractivity (Wildman–Crippen MR) is 111 cm³/mol. The first-order valence-electron chi connectivity index (χ1n) is 8.71. The first-order valence-corrected chi connectivity index (χ1v) is 9.11. The lowest BCUT2D eigenvalue weighted by Crippen LogP contribution is -2.34. The van der Waals surface area contributed by atoms with E-state index in [9.17, 15) is 4.79 Å². The average molecular weight is 373 g/mol. The van der Waals surface area contributed by atoms with Gasteiger partial charge >= 0.3 is 5.97 Å². The summed E-state index contributed by atoms with van der Waals surface area (Å²) in [5.41, 5.74) is 3.07. The Hall–Kier alpha value is -2.27. The van der Waals surface area contributed by atoms with Crippen molar-refractivity contribution in [1.29, 1.82) is 0 Å². The van der Waals surface area contributed by atoms with Crippen LogP contribution in [0.15, 0.2) is 60.3 Å². The number of hydrogen-bond acceptors (Lipinski definition) is 4. The largest absolute Gasteiger partial charge is 0.461 e. The van der Waals surface area contributed by atoms with Gasteiger partial charge in [-0.1, -0.05) is 41.6 Å². The van der Waals surface area contributed by atoms with Gasteiger partial charge in [-0.05, 0) is 51.8 Å². The molecule has 5 heteroatoms. The Morgan fingerprint density at radius 1 is 1.35 bits per heavy atom. The van der Waals surface area contributed by atoms with Gasteiger partial charge in [-0.25, -0.2) is 0 Å². The van der Waals surface area contributed by atoms with Crippen LogP contribution in [0.4, 0.5) is 0 Å². The number of nitrogens with one attached hydrogen (secondary N) is 1. The zero-order valence-corrected chi connectivity index (χ0v) is 16.6. The van der Waals surface area contributed by atoms with Crippen LogP contribution >= 0.6 is 12.2 Å². The summed E-state index contributed by atoms with van der Waals surface area (Å²) in [5, 5.41) is 3.00. The van der Waals surface area contributed by atoms with Gasteiger partial charge in [0.15, 0.2) is 0 Å². The normalized spacial score (nSPS) is 12.0. The highest BCUT2D eigenvalue weighted by molar-refractivity contribution is 7.80. The molecule has 0 amide bonds. The van der Waals surface area contributed by atoms with Gasteiger partial charge in [0.25, 0.3) is 0 Å². The van der Waals surface area contributed by atoms with E-state index >= 15 is 0 Å². The van der Waals surface area contributed by atoms with Gasteiger partial charge < -0.3 is 10.1 Å². The number of esters is 1. The molecule has 0 aliphatic heterocycles. The molecule has 0 aromatic carbocycles. The van der Waals surface area contributed by atoms with E-state index in [2.05, 4.69) is 36.8 Å². The number of ether oxygens (including phenoxy) is 1. The van der Waals surface area contributed by atoms with Crippen LogP contribution in [0.1, 0.15) is 45.2 Å². The second-order valence-corrected chi connectivity index (χ2v) is 6.66. The topological polar surface area (TPSA) is 51.2 Å². The van der Waals surface area contributed by atoms with Gasteiger partial charge in [-0.15, -0.1) is 6.58 Å². The van der Waals surface area contributed by atoms with E-state index < -0.39 is 11.9 Å². The molecule has 140 valence electrons. The lowest BCUT2D eigenvalue weighted by molar-refractivity contribution is -0.142. The molecule has 4 nitrogen and oxygen atoms in total. The molecule has 0 spiro atoms. The van der Waals surface area contributed by atoms with Gasteiger partial charge in [-0.2, -0.15) is 0 Å². The molecule has 0 fully saturated rings. The highest BCUT2D eigenvalue weighted by atomic mass is 32.1. The number of carbonyl (C=O) groups excluding carboxylic acids is 1. The fourth-order valence-corrected chi connectivity index (χ4v) is 2.52. The molecule has 1 rings (SSSR count). The van der Waals surface area contributed by atoms with Gasteiger partial charge in [-0.3, -0.25) is 9.78 Å². The van der Waals surface area contributed by atoms with Crippen molar-refractivity contribution in [1.82, 2.24) is 10.3 Å². The second-order valence-electron chi connectivity index (χ2n) is 6.22. The van der Waals surface area contributed by atoms with Gasteiger partial charge in [0.05, 0.1) is 10.7 Å². The monoisotopic (exact) mass is 372 g/mol. The van der Waals surface area contributed by atoms with Crippen molar-refractivity contribution in [2.24, 2.45) is 0 Å². The summed E-state index contributed by atoms with van der Waals surface area (Å²) in [4.78, 5) is 17.2. The standard InChI is InChI=1S/C21H28N2O2S/c1-5-13-23-20(26)19(18-11-6-7-14-22-18)21(24)25-15-12-17(4)10-8-9-16(2)3/h5-7,9,11-12,14,19H,1,8,10,13,15H2,2-4H3,(H,23,26)/b17-12+. The van der Waals surface area contributed by atoms with Crippen LogP contribution < -0.4 is 5.32 Å². The van der Waals surface area contributed by atoms with Crippen molar-refractivity contribution in [3.63, 3.8) is 0 Å². The average Bonchev–Trinajstić information content (AvgIpc) is 2.60. The summed E-state index contributed by atoms with van der Waals surface area (Å²) in [6.45, 7) is 10.6. The third-order valence-electron chi connectivity index (χ3n) is 3.65. The third kappa shape index (κ3) is 8.21. The predicted octanol–water partition coefficient (Wildman–Crippen LogP) is 4.50. The van der Waals surface area contributed by atoms with E-state index in [4.69, 9.17) is 17.0 Å². The molecule has 0 bridgehead atoms. The third-order valence-corrected chi connectivity index (χ3v) is 4.03. The van der Waals surface area contributed by atoms with Crippen LogP contribution in [-0.2, 0) is 9.53 Å². The smallest absolute Gasteiger partial charge is 0.322 e. The molecule has 0 saturated carbocycles. The van der Waals surface area contributed by atoms with E-state index in [0.717, 1.165) is 12.8 Å². The summed E-state index contributed by atoms with van der Waals surface area (Å²) >= 11 is 5.36. The van der Waals surface area contributed by atoms with Crippen molar-refractivity contribution in [3.05, 3.63) is 66.0 Å². The molecule has 0 aliphatic rings. The molecule has 1 N–H and O–H groups in total. The van der Waals surface area contributed by atoms with Gasteiger partial charge in [0, 0.05) is 12.7 Å². The Bertz CT molecular complexity index is 662. The molecule has 26 heavy (non-hydrogen) atoms. The van der Waals surface area contributed by atoms with Crippen LogP contribution in [-0.4, -0.2) is 29.1 Å². The lowest BCUT2D eigenvalue weighted by atomic mass is 10.0. The maximum absolute atomic E-state index is 12.6. The molecule has 1 aromatic rings. The molecule has 1 heterocycles. The zero-order valence-electron chi connectivity index (χ0n) is 15.8. The van der Waals surface area contributed by atoms with E-state index in [0.29, 0.717) is 17.2 Å². The minimum atomic E-state index is -0.717. The van der Waals surface area contributed by atoms with Crippen molar-refractivity contribution in [2.45, 2.75) is 39.5 Å². The maximum atomic E-state index is 12.6. The summed E-state index contributed by atoms with van der Waals surface area (Å²) in [5.74, 6) is -1.12. The Labute approximate surface area is 162 Å².